The first-order chi connectivity index (χ1) is 13.5. The predicted molar refractivity (Wildman–Crippen MR) is 94.7 cm³/mol. The number of urea groups is 1. The number of hydrogen-bond acceptors (Lipinski definition) is 7. The number of rotatable bonds is 6. The highest BCUT2D eigenvalue weighted by atomic mass is 16.5. The number of imide groups is 1. The van der Waals surface area contributed by atoms with Gasteiger partial charge in [-0.15, -0.1) is 0 Å². The normalized spacial score (nSPS) is 14.7. The van der Waals surface area contributed by atoms with Crippen LogP contribution in [0.15, 0.2) is 46.5 Å². The SMILES string of the molecule is COC(=O)c1ccc(CN2C(=O)N/C(=C\c3ccccc3OCC#N)C2=O)o1. The maximum absolute atomic E-state index is 12.6. The van der Waals surface area contributed by atoms with Gasteiger partial charge in [0, 0.05) is 5.56 Å². The zero-order chi connectivity index (χ0) is 20.1. The molecule has 1 aliphatic rings. The van der Waals surface area contributed by atoms with Crippen molar-refractivity contribution in [1.82, 2.24) is 10.2 Å². The number of nitrogens with one attached hydrogen (secondary N) is 1. The molecular formula is C19H15N3O6. The molecule has 0 aliphatic carbocycles. The summed E-state index contributed by atoms with van der Waals surface area (Å²) in [5, 5.41) is 11.2. The molecule has 3 rings (SSSR count). The van der Waals surface area contributed by atoms with Gasteiger partial charge in [-0.1, -0.05) is 18.2 Å². The van der Waals surface area contributed by atoms with Crippen LogP contribution in [0.3, 0.4) is 0 Å². The van der Waals surface area contributed by atoms with Gasteiger partial charge in [0.25, 0.3) is 5.91 Å². The number of methoxy groups -OCH3 is 1. The van der Waals surface area contributed by atoms with Crippen molar-refractivity contribution >= 4 is 24.0 Å². The topological polar surface area (TPSA) is 122 Å². The molecular weight excluding hydrogens is 366 g/mol. The lowest BCUT2D eigenvalue weighted by atomic mass is 10.1. The van der Waals surface area contributed by atoms with Crippen molar-refractivity contribution < 1.29 is 28.3 Å². The Morgan fingerprint density at radius 2 is 2.07 bits per heavy atom. The van der Waals surface area contributed by atoms with E-state index < -0.39 is 17.9 Å². The molecule has 1 N–H and O–H groups in total. The summed E-state index contributed by atoms with van der Waals surface area (Å²) >= 11 is 0. The molecule has 142 valence electrons. The van der Waals surface area contributed by atoms with Crippen LogP contribution in [-0.2, 0) is 16.1 Å². The first-order valence-corrected chi connectivity index (χ1v) is 8.14. The minimum atomic E-state index is -0.655. The van der Waals surface area contributed by atoms with Gasteiger partial charge in [-0.3, -0.25) is 9.69 Å². The molecule has 2 heterocycles. The molecule has 0 saturated carbocycles. The number of nitrogens with zero attached hydrogens (tertiary/aromatic N) is 2. The van der Waals surface area contributed by atoms with Crippen LogP contribution in [0.2, 0.25) is 0 Å². The van der Waals surface area contributed by atoms with E-state index in [1.165, 1.54) is 25.3 Å². The third-order valence-electron chi connectivity index (χ3n) is 3.84. The van der Waals surface area contributed by atoms with E-state index in [2.05, 4.69) is 10.1 Å². The molecule has 0 radical (unpaired) electrons. The Hall–Kier alpha value is -4.06. The molecule has 0 atom stereocenters. The minimum absolute atomic E-state index is 0.0242. The van der Waals surface area contributed by atoms with Gasteiger partial charge in [-0.05, 0) is 24.3 Å². The number of ether oxygens (including phenoxy) is 2. The van der Waals surface area contributed by atoms with Crippen molar-refractivity contribution in [2.75, 3.05) is 13.7 Å². The van der Waals surface area contributed by atoms with Crippen LogP contribution in [0.25, 0.3) is 6.08 Å². The lowest BCUT2D eigenvalue weighted by Gasteiger charge is -2.09. The Kier molecular flexibility index (Phi) is 5.41. The largest absolute Gasteiger partial charge is 0.478 e. The number of para-hydroxylation sites is 1. The Balaban J connectivity index is 1.79. The molecule has 1 aromatic carbocycles. The highest BCUT2D eigenvalue weighted by molar-refractivity contribution is 6.14. The summed E-state index contributed by atoms with van der Waals surface area (Å²) in [5.74, 6) is -0.577. The summed E-state index contributed by atoms with van der Waals surface area (Å²) in [4.78, 5) is 37.2. The Bertz CT molecular complexity index is 1000. The molecule has 0 bridgehead atoms. The van der Waals surface area contributed by atoms with Gasteiger partial charge in [-0.25, -0.2) is 9.59 Å². The lowest BCUT2D eigenvalue weighted by Crippen LogP contribution is -2.30. The molecule has 1 fully saturated rings. The summed E-state index contributed by atoms with van der Waals surface area (Å²) in [5.41, 5.74) is 0.590. The van der Waals surface area contributed by atoms with Gasteiger partial charge in [0.05, 0.1) is 13.7 Å². The Labute approximate surface area is 159 Å². The molecule has 9 nitrogen and oxygen atoms in total. The van der Waals surface area contributed by atoms with E-state index in [-0.39, 0.29) is 30.4 Å². The Morgan fingerprint density at radius 1 is 1.29 bits per heavy atom. The molecule has 9 heteroatoms. The quantitative estimate of drug-likeness (QED) is 0.462. The number of furan rings is 1. The van der Waals surface area contributed by atoms with Crippen LogP contribution >= 0.6 is 0 Å². The van der Waals surface area contributed by atoms with Crippen molar-refractivity contribution in [3.8, 4) is 11.8 Å². The van der Waals surface area contributed by atoms with Crippen LogP contribution in [0.1, 0.15) is 21.9 Å². The monoisotopic (exact) mass is 381 g/mol. The number of carbonyl (C=O) groups excluding carboxylic acids is 3. The third-order valence-corrected chi connectivity index (χ3v) is 3.84. The van der Waals surface area contributed by atoms with Crippen LogP contribution in [0.5, 0.6) is 5.75 Å². The predicted octanol–water partition coefficient (Wildman–Crippen LogP) is 2.06. The zero-order valence-electron chi connectivity index (χ0n) is 14.8. The summed E-state index contributed by atoms with van der Waals surface area (Å²) in [6, 6.07) is 10.9. The van der Waals surface area contributed by atoms with Crippen LogP contribution in [0, 0.1) is 11.3 Å². The molecule has 0 spiro atoms. The fourth-order valence-electron chi connectivity index (χ4n) is 2.54. The summed E-state index contributed by atoms with van der Waals surface area (Å²) in [6.45, 7) is -0.292. The molecule has 1 saturated heterocycles. The van der Waals surface area contributed by atoms with Crippen molar-refractivity contribution in [2.45, 2.75) is 6.54 Å². The summed E-state index contributed by atoms with van der Waals surface area (Å²) in [6.07, 6.45) is 1.47. The number of amides is 3. The van der Waals surface area contributed by atoms with Gasteiger partial charge < -0.3 is 19.2 Å². The second-order valence-electron chi connectivity index (χ2n) is 5.62. The highest BCUT2D eigenvalue weighted by Crippen LogP contribution is 2.23. The van der Waals surface area contributed by atoms with E-state index in [9.17, 15) is 14.4 Å². The zero-order valence-corrected chi connectivity index (χ0v) is 14.8. The van der Waals surface area contributed by atoms with E-state index in [4.69, 9.17) is 14.4 Å². The maximum Gasteiger partial charge on any atom is 0.373 e. The number of nitriles is 1. The van der Waals surface area contributed by atoms with E-state index >= 15 is 0 Å². The summed E-state index contributed by atoms with van der Waals surface area (Å²) < 4.78 is 15.2. The molecule has 2 aromatic rings. The molecule has 0 unspecified atom stereocenters. The van der Waals surface area contributed by atoms with Gasteiger partial charge in [-0.2, -0.15) is 5.26 Å². The molecule has 1 aliphatic heterocycles. The Morgan fingerprint density at radius 3 is 2.82 bits per heavy atom. The fourth-order valence-corrected chi connectivity index (χ4v) is 2.54. The van der Waals surface area contributed by atoms with E-state index in [0.29, 0.717) is 11.3 Å². The van der Waals surface area contributed by atoms with Crippen LogP contribution in [-0.4, -0.2) is 36.5 Å². The van der Waals surface area contributed by atoms with Gasteiger partial charge >= 0.3 is 12.0 Å². The van der Waals surface area contributed by atoms with Gasteiger partial charge in [0.1, 0.15) is 23.3 Å². The first-order valence-electron chi connectivity index (χ1n) is 8.14. The third kappa shape index (κ3) is 3.86. The highest BCUT2D eigenvalue weighted by Gasteiger charge is 2.34. The number of hydrogen-bond donors (Lipinski definition) is 1. The number of carbonyl (C=O) groups is 3. The van der Waals surface area contributed by atoms with Crippen LogP contribution < -0.4 is 10.1 Å². The average molecular weight is 381 g/mol. The number of benzene rings is 1. The van der Waals surface area contributed by atoms with Crippen molar-refractivity contribution in [3.05, 3.63) is 59.2 Å². The van der Waals surface area contributed by atoms with Crippen molar-refractivity contribution in [2.24, 2.45) is 0 Å². The van der Waals surface area contributed by atoms with E-state index in [0.717, 1.165) is 4.90 Å². The fraction of sp³-hybridized carbons (Fsp3) is 0.158. The second-order valence-corrected chi connectivity index (χ2v) is 5.62. The average Bonchev–Trinajstić information content (AvgIpc) is 3.27. The summed E-state index contributed by atoms with van der Waals surface area (Å²) in [7, 11) is 1.22. The van der Waals surface area contributed by atoms with Crippen LogP contribution in [0.4, 0.5) is 4.79 Å². The lowest BCUT2D eigenvalue weighted by molar-refractivity contribution is -0.123. The molecule has 3 amide bonds. The van der Waals surface area contributed by atoms with Gasteiger partial charge in [0.2, 0.25) is 5.76 Å². The smallest absolute Gasteiger partial charge is 0.373 e. The standard InChI is InChI=1S/C19H15N3O6/c1-26-18(24)16-7-6-13(28-16)11-22-17(23)14(21-19(22)25)10-12-4-2-3-5-15(12)27-9-8-20/h2-7,10H,9,11H2,1H3,(H,21,25)/b14-10-. The maximum atomic E-state index is 12.6. The molecule has 28 heavy (non-hydrogen) atoms. The van der Waals surface area contributed by atoms with Crippen molar-refractivity contribution in [1.29, 1.82) is 5.26 Å². The first kappa shape index (κ1) is 18.7. The second kappa shape index (κ2) is 8.09. The van der Waals surface area contributed by atoms with E-state index in [1.807, 2.05) is 6.07 Å². The van der Waals surface area contributed by atoms with Crippen molar-refractivity contribution in [3.63, 3.8) is 0 Å². The van der Waals surface area contributed by atoms with Gasteiger partial charge in [0.15, 0.2) is 6.61 Å². The molecule has 1 aromatic heterocycles. The minimum Gasteiger partial charge on any atom is -0.478 e. The van der Waals surface area contributed by atoms with E-state index in [1.54, 1.807) is 24.3 Å². The number of esters is 1.